The van der Waals surface area contributed by atoms with Crippen molar-refractivity contribution in [3.63, 3.8) is 0 Å². The highest BCUT2D eigenvalue weighted by Gasteiger charge is 2.75. The van der Waals surface area contributed by atoms with Crippen LogP contribution in [0.25, 0.3) is 11.4 Å². The van der Waals surface area contributed by atoms with Gasteiger partial charge in [0.2, 0.25) is 5.84 Å². The van der Waals surface area contributed by atoms with Crippen molar-refractivity contribution in [2.45, 2.75) is 12.2 Å². The largest absolute Gasteiger partial charge is 0.516 e. The summed E-state index contributed by atoms with van der Waals surface area (Å²) in [6.07, 6.45) is -5.90. The third-order valence-electron chi connectivity index (χ3n) is 5.20. The average molecular weight is 443 g/mol. The van der Waals surface area contributed by atoms with Gasteiger partial charge >= 0.3 is 12.2 Å². The van der Waals surface area contributed by atoms with E-state index in [-0.39, 0.29) is 16.8 Å². The van der Waals surface area contributed by atoms with Crippen molar-refractivity contribution in [3.8, 4) is 11.5 Å². The summed E-state index contributed by atoms with van der Waals surface area (Å²) in [7, 11) is 3.53. The molecule has 1 aliphatic rings. The average Bonchev–Trinajstić information content (AvgIpc) is 3.07. The Morgan fingerprint density at radius 2 is 1.29 bits per heavy atom. The van der Waals surface area contributed by atoms with Crippen molar-refractivity contribution in [1.82, 2.24) is 0 Å². The second kappa shape index (κ2) is 7.93. The number of hydrogen-bond donors (Lipinski definition) is 1. The molecule has 0 radical (unpaired) electrons. The second-order valence-electron chi connectivity index (χ2n) is 6.89. The van der Waals surface area contributed by atoms with E-state index in [1.165, 1.54) is 62.8 Å². The summed E-state index contributed by atoms with van der Waals surface area (Å²) in [5.74, 6) is 0.130. The molecule has 2 aromatic rings. The number of aliphatic hydroxyl groups excluding tert-OH is 1. The van der Waals surface area contributed by atoms with Gasteiger partial charge in [-0.25, -0.2) is 0 Å². The Hall–Kier alpha value is -2.98. The maximum atomic E-state index is 14.9. The van der Waals surface area contributed by atoms with Crippen LogP contribution in [0.4, 0.5) is 22.0 Å². The molecule has 0 bridgehead atoms. The monoisotopic (exact) mass is 443 g/mol. The van der Waals surface area contributed by atoms with Gasteiger partial charge in [-0.2, -0.15) is 22.6 Å². The summed E-state index contributed by atoms with van der Waals surface area (Å²) < 4.78 is 78.5. The summed E-state index contributed by atoms with van der Waals surface area (Å²) in [5.41, 5.74) is -0.148. The molecule has 1 N–H and O–H groups in total. The van der Waals surface area contributed by atoms with Crippen molar-refractivity contribution in [3.05, 3.63) is 59.7 Å². The lowest BCUT2D eigenvalue weighted by Crippen LogP contribution is -2.65. The van der Waals surface area contributed by atoms with Crippen LogP contribution in [0, 0.1) is 0 Å². The van der Waals surface area contributed by atoms with Crippen molar-refractivity contribution in [1.29, 1.82) is 0 Å². The molecule has 5 nitrogen and oxygen atoms in total. The number of benzene rings is 2. The van der Waals surface area contributed by atoms with Crippen LogP contribution in [0.5, 0.6) is 11.5 Å². The number of aliphatic imine (C=N–C) groups is 1. The third-order valence-corrected chi connectivity index (χ3v) is 5.20. The van der Waals surface area contributed by atoms with Crippen LogP contribution in [-0.4, -0.2) is 55.5 Å². The Morgan fingerprint density at radius 1 is 0.839 bits per heavy atom. The van der Waals surface area contributed by atoms with Gasteiger partial charge in [-0.15, -0.1) is 8.78 Å². The fourth-order valence-corrected chi connectivity index (χ4v) is 3.45. The first kappa shape index (κ1) is 22.7. The number of aliphatic hydroxyl groups is 1. The Labute approximate surface area is 175 Å². The smallest absolute Gasteiger partial charge is 0.497 e. The molecular formula is C21H20F5N2O3+. The molecule has 10 heteroatoms. The summed E-state index contributed by atoms with van der Waals surface area (Å²) >= 11 is 0. The molecule has 0 aliphatic carbocycles. The van der Waals surface area contributed by atoms with Crippen LogP contribution >= 0.6 is 0 Å². The van der Waals surface area contributed by atoms with E-state index in [1.807, 2.05) is 0 Å². The van der Waals surface area contributed by atoms with Crippen LogP contribution in [-0.2, 0) is 0 Å². The lowest BCUT2D eigenvalue weighted by Gasteiger charge is -2.38. The van der Waals surface area contributed by atoms with E-state index in [0.29, 0.717) is 18.5 Å². The first-order chi connectivity index (χ1) is 14.5. The molecule has 0 amide bonds. The Morgan fingerprint density at radius 3 is 1.68 bits per heavy atom. The number of amidine groups is 1. The number of nitrogens with zero attached hydrogens (tertiary/aromatic N) is 2. The van der Waals surface area contributed by atoms with Gasteiger partial charge in [0.15, 0.2) is 5.70 Å². The lowest BCUT2D eigenvalue weighted by atomic mass is 10.0. The minimum Gasteiger partial charge on any atom is -0.497 e. The quantitative estimate of drug-likeness (QED) is 0.405. The normalized spacial score (nSPS) is 19.5. The fraction of sp³-hybridized carbons (Fsp3) is 0.286. The lowest BCUT2D eigenvalue weighted by molar-refractivity contribution is -0.875. The summed E-state index contributed by atoms with van der Waals surface area (Å²) in [6.45, 7) is -1.10. The Bertz CT molecular complexity index is 1010. The van der Waals surface area contributed by atoms with E-state index in [9.17, 15) is 27.1 Å². The van der Waals surface area contributed by atoms with E-state index >= 15 is 0 Å². The van der Waals surface area contributed by atoms with Crippen LogP contribution in [0.3, 0.4) is 0 Å². The van der Waals surface area contributed by atoms with Gasteiger partial charge in [0.05, 0.1) is 21.3 Å². The molecular weight excluding hydrogens is 423 g/mol. The summed E-state index contributed by atoms with van der Waals surface area (Å²) in [4.78, 5) is 4.03. The van der Waals surface area contributed by atoms with Crippen LogP contribution in [0.2, 0.25) is 0 Å². The van der Waals surface area contributed by atoms with Crippen molar-refractivity contribution in [2.24, 2.45) is 4.99 Å². The molecule has 0 saturated carbocycles. The Kier molecular flexibility index (Phi) is 5.81. The first-order valence-electron chi connectivity index (χ1n) is 9.05. The minimum absolute atomic E-state index is 0.0743. The van der Waals surface area contributed by atoms with Gasteiger partial charge in [0.25, 0.3) is 0 Å². The highest BCUT2D eigenvalue weighted by atomic mass is 19.4. The maximum Gasteiger partial charge on any atom is 0.516 e. The topological polar surface area (TPSA) is 51.0 Å². The van der Waals surface area contributed by atoms with E-state index in [0.717, 1.165) is 0 Å². The maximum absolute atomic E-state index is 14.9. The number of likely N-dealkylation sites (N-methyl/N-ethyl adjacent to an activating group) is 1. The van der Waals surface area contributed by atoms with E-state index in [1.54, 1.807) is 0 Å². The second-order valence-corrected chi connectivity index (χ2v) is 6.89. The SMILES string of the molecule is COc1ccc(C2=C(c3ccc(OC)cc3)[N+](C)(C(F)(F)C(F)(F)F)C(CO)=N2)cc1. The van der Waals surface area contributed by atoms with Crippen LogP contribution < -0.4 is 9.47 Å². The zero-order chi connectivity index (χ0) is 23.0. The predicted molar refractivity (Wildman–Crippen MR) is 105 cm³/mol. The molecule has 1 atom stereocenters. The molecule has 2 aromatic carbocycles. The van der Waals surface area contributed by atoms with Gasteiger partial charge in [-0.05, 0) is 48.5 Å². The van der Waals surface area contributed by atoms with Gasteiger partial charge in [-0.1, -0.05) is 0 Å². The minimum atomic E-state index is -5.90. The first-order valence-corrected chi connectivity index (χ1v) is 9.05. The van der Waals surface area contributed by atoms with E-state index < -0.39 is 34.8 Å². The fourth-order valence-electron chi connectivity index (χ4n) is 3.45. The molecule has 166 valence electrons. The molecule has 1 aliphatic heterocycles. The standard InChI is InChI=1S/C21H20F5N2O3/c1-28(21(25,26)20(22,23)24)17(12-29)27-18(13-4-8-15(30-2)9-5-13)19(28)14-6-10-16(31-3)11-7-14/h4-11,29H,12H2,1-3H3/q+1. The van der Waals surface area contributed by atoms with Gasteiger partial charge < -0.3 is 14.6 Å². The van der Waals surface area contributed by atoms with Crippen molar-refractivity contribution < 1.29 is 41.0 Å². The predicted octanol–water partition coefficient (Wildman–Crippen LogP) is 4.54. The van der Waals surface area contributed by atoms with Crippen LogP contribution in [0.1, 0.15) is 11.1 Å². The zero-order valence-electron chi connectivity index (χ0n) is 16.9. The number of alkyl halides is 5. The highest BCUT2D eigenvalue weighted by Crippen LogP contribution is 2.52. The number of methoxy groups -OCH3 is 2. The summed E-state index contributed by atoms with van der Waals surface area (Å²) in [5, 5.41) is 9.71. The van der Waals surface area contributed by atoms with E-state index in [2.05, 4.69) is 4.99 Å². The molecule has 1 heterocycles. The highest BCUT2D eigenvalue weighted by molar-refractivity contribution is 6.01. The number of halogens is 5. The molecule has 0 fully saturated rings. The zero-order valence-corrected chi connectivity index (χ0v) is 16.9. The number of ether oxygens (including phenoxy) is 2. The van der Waals surface area contributed by atoms with Gasteiger partial charge in [-0.3, -0.25) is 0 Å². The third kappa shape index (κ3) is 3.55. The molecule has 0 aromatic heterocycles. The molecule has 3 rings (SSSR count). The molecule has 0 spiro atoms. The number of rotatable bonds is 6. The molecule has 31 heavy (non-hydrogen) atoms. The molecule has 0 saturated heterocycles. The molecule has 1 unspecified atom stereocenters. The van der Waals surface area contributed by atoms with Crippen molar-refractivity contribution >= 4 is 17.2 Å². The number of hydrogen-bond acceptors (Lipinski definition) is 4. The van der Waals surface area contributed by atoms with Gasteiger partial charge in [0, 0.05) is 11.1 Å². The van der Waals surface area contributed by atoms with Crippen molar-refractivity contribution in [2.75, 3.05) is 27.9 Å². The number of quaternary nitrogens is 1. The van der Waals surface area contributed by atoms with E-state index in [4.69, 9.17) is 9.47 Å². The van der Waals surface area contributed by atoms with Crippen LogP contribution in [0.15, 0.2) is 53.5 Å². The Balaban J connectivity index is 2.34. The summed E-state index contributed by atoms with van der Waals surface area (Å²) in [6, 6.07) is 6.43. The van der Waals surface area contributed by atoms with Gasteiger partial charge in [0.1, 0.15) is 23.8 Å².